The van der Waals surface area contributed by atoms with Crippen LogP contribution in [0.4, 0.5) is 21.9 Å². The fourth-order valence-corrected chi connectivity index (χ4v) is 1.65. The molecule has 0 saturated carbocycles. The fourth-order valence-electron chi connectivity index (χ4n) is 1.50. The molecule has 0 unspecified atom stereocenters. The van der Waals surface area contributed by atoms with Crippen LogP contribution in [0.5, 0.6) is 0 Å². The minimum atomic E-state index is -0.497. The Balaban J connectivity index is 1.97. The standard InChI is InChI=1S/C13H11N3O3S/c17-13(15-10-3-7-12(20)8-4-10)14-9-1-5-11(6-2-9)16(18)19/h1-8,20H,(H2,14,15,17). The van der Waals surface area contributed by atoms with E-state index >= 15 is 0 Å². The first-order chi connectivity index (χ1) is 9.54. The summed E-state index contributed by atoms with van der Waals surface area (Å²) >= 11 is 4.15. The Kier molecular flexibility index (Phi) is 4.21. The van der Waals surface area contributed by atoms with E-state index in [0.29, 0.717) is 11.4 Å². The van der Waals surface area contributed by atoms with Gasteiger partial charge in [-0.05, 0) is 36.4 Å². The number of hydrogen-bond acceptors (Lipinski definition) is 4. The normalized spacial score (nSPS) is 9.85. The maximum Gasteiger partial charge on any atom is 0.323 e. The van der Waals surface area contributed by atoms with Gasteiger partial charge in [0.1, 0.15) is 0 Å². The lowest BCUT2D eigenvalue weighted by atomic mass is 10.3. The third-order valence-electron chi connectivity index (χ3n) is 2.46. The number of rotatable bonds is 3. The molecule has 2 amide bonds. The number of non-ortho nitro benzene ring substituents is 1. The van der Waals surface area contributed by atoms with Crippen molar-refractivity contribution in [3.05, 3.63) is 58.6 Å². The highest BCUT2D eigenvalue weighted by Gasteiger charge is 2.06. The van der Waals surface area contributed by atoms with Crippen molar-refractivity contribution in [1.82, 2.24) is 0 Å². The quantitative estimate of drug-likeness (QED) is 0.459. The Morgan fingerprint density at radius 1 is 0.950 bits per heavy atom. The van der Waals surface area contributed by atoms with Crippen LogP contribution in [-0.2, 0) is 0 Å². The average Bonchev–Trinajstić information content (AvgIpc) is 2.42. The zero-order chi connectivity index (χ0) is 14.5. The lowest BCUT2D eigenvalue weighted by molar-refractivity contribution is -0.384. The SMILES string of the molecule is O=C(Nc1ccc(S)cc1)Nc1ccc([N+](=O)[O-])cc1. The fraction of sp³-hybridized carbons (Fsp3) is 0. The van der Waals surface area contributed by atoms with Crippen LogP contribution in [0.2, 0.25) is 0 Å². The van der Waals surface area contributed by atoms with Gasteiger partial charge in [0.2, 0.25) is 0 Å². The number of hydrogen-bond donors (Lipinski definition) is 3. The van der Waals surface area contributed by atoms with Crippen LogP contribution in [0, 0.1) is 10.1 Å². The first kappa shape index (κ1) is 13.9. The van der Waals surface area contributed by atoms with Gasteiger partial charge in [-0.3, -0.25) is 10.1 Å². The molecule has 6 nitrogen and oxygen atoms in total. The molecule has 0 aromatic heterocycles. The van der Waals surface area contributed by atoms with E-state index in [1.807, 2.05) is 0 Å². The summed E-state index contributed by atoms with van der Waals surface area (Å²) < 4.78 is 0. The summed E-state index contributed by atoms with van der Waals surface area (Å²) in [5, 5.41) is 15.7. The van der Waals surface area contributed by atoms with Crippen molar-refractivity contribution < 1.29 is 9.72 Å². The zero-order valence-electron chi connectivity index (χ0n) is 10.2. The molecule has 0 atom stereocenters. The molecular weight excluding hydrogens is 278 g/mol. The number of carbonyl (C=O) groups is 1. The summed E-state index contributed by atoms with van der Waals surface area (Å²) in [6.07, 6.45) is 0. The van der Waals surface area contributed by atoms with Crippen molar-refractivity contribution in [2.45, 2.75) is 4.90 Å². The average molecular weight is 289 g/mol. The maximum atomic E-state index is 11.7. The smallest absolute Gasteiger partial charge is 0.308 e. The molecule has 0 spiro atoms. The molecule has 0 bridgehead atoms. The predicted octanol–water partition coefficient (Wildman–Crippen LogP) is 3.53. The van der Waals surface area contributed by atoms with Crippen molar-refractivity contribution in [2.75, 3.05) is 10.6 Å². The van der Waals surface area contributed by atoms with Crippen molar-refractivity contribution in [2.24, 2.45) is 0 Å². The van der Waals surface area contributed by atoms with E-state index in [4.69, 9.17) is 0 Å². The molecular formula is C13H11N3O3S. The summed E-state index contributed by atoms with van der Waals surface area (Å²) in [5.74, 6) is 0. The van der Waals surface area contributed by atoms with E-state index in [-0.39, 0.29) is 5.69 Å². The highest BCUT2D eigenvalue weighted by atomic mass is 32.1. The van der Waals surface area contributed by atoms with E-state index in [0.717, 1.165) is 4.90 Å². The van der Waals surface area contributed by atoms with Crippen LogP contribution in [0.25, 0.3) is 0 Å². The number of carbonyl (C=O) groups excluding carboxylic acids is 1. The summed E-state index contributed by atoms with van der Waals surface area (Å²) in [6.45, 7) is 0. The highest BCUT2D eigenvalue weighted by molar-refractivity contribution is 7.80. The zero-order valence-corrected chi connectivity index (χ0v) is 11.1. The van der Waals surface area contributed by atoms with Crippen molar-refractivity contribution in [1.29, 1.82) is 0 Å². The molecule has 0 aliphatic carbocycles. The number of urea groups is 1. The molecule has 2 aromatic rings. The van der Waals surface area contributed by atoms with Crippen LogP contribution in [0.1, 0.15) is 0 Å². The molecule has 7 heteroatoms. The minimum absolute atomic E-state index is 0.0275. The van der Waals surface area contributed by atoms with Crippen LogP contribution in [-0.4, -0.2) is 11.0 Å². The second-order valence-corrected chi connectivity index (χ2v) is 4.45. The van der Waals surface area contributed by atoms with Crippen LogP contribution < -0.4 is 10.6 Å². The van der Waals surface area contributed by atoms with Crippen molar-refractivity contribution in [3.8, 4) is 0 Å². The number of amides is 2. The second kappa shape index (κ2) is 6.07. The van der Waals surface area contributed by atoms with Crippen LogP contribution >= 0.6 is 12.6 Å². The monoisotopic (exact) mass is 289 g/mol. The van der Waals surface area contributed by atoms with E-state index in [2.05, 4.69) is 23.3 Å². The molecule has 20 heavy (non-hydrogen) atoms. The Morgan fingerprint density at radius 2 is 1.40 bits per heavy atom. The molecule has 0 heterocycles. The van der Waals surface area contributed by atoms with E-state index < -0.39 is 11.0 Å². The number of benzene rings is 2. The topological polar surface area (TPSA) is 84.3 Å². The number of anilines is 2. The molecule has 2 N–H and O–H groups in total. The van der Waals surface area contributed by atoms with Crippen LogP contribution in [0.15, 0.2) is 53.4 Å². The Morgan fingerprint density at radius 3 is 1.85 bits per heavy atom. The van der Waals surface area contributed by atoms with Crippen molar-refractivity contribution >= 4 is 35.7 Å². The third-order valence-corrected chi connectivity index (χ3v) is 2.76. The van der Waals surface area contributed by atoms with Crippen molar-refractivity contribution in [3.63, 3.8) is 0 Å². The lowest BCUT2D eigenvalue weighted by Crippen LogP contribution is -2.19. The summed E-state index contributed by atoms with van der Waals surface area (Å²) in [4.78, 5) is 22.5. The third kappa shape index (κ3) is 3.72. The molecule has 2 rings (SSSR count). The maximum absolute atomic E-state index is 11.7. The first-order valence-corrected chi connectivity index (χ1v) is 6.11. The Labute approximate surface area is 120 Å². The van der Waals surface area contributed by atoms with Gasteiger partial charge < -0.3 is 10.6 Å². The first-order valence-electron chi connectivity index (χ1n) is 5.66. The van der Waals surface area contributed by atoms with Gasteiger partial charge in [0, 0.05) is 28.4 Å². The van der Waals surface area contributed by atoms with Crippen LogP contribution in [0.3, 0.4) is 0 Å². The largest absolute Gasteiger partial charge is 0.323 e. The minimum Gasteiger partial charge on any atom is -0.308 e. The van der Waals surface area contributed by atoms with Gasteiger partial charge in [-0.15, -0.1) is 12.6 Å². The molecule has 0 aliphatic rings. The lowest BCUT2D eigenvalue weighted by Gasteiger charge is -2.07. The van der Waals surface area contributed by atoms with Gasteiger partial charge in [0.05, 0.1) is 4.92 Å². The van der Waals surface area contributed by atoms with Gasteiger partial charge in [-0.25, -0.2) is 4.79 Å². The molecule has 0 saturated heterocycles. The molecule has 2 aromatic carbocycles. The predicted molar refractivity (Wildman–Crippen MR) is 79.4 cm³/mol. The Hall–Kier alpha value is -2.54. The highest BCUT2D eigenvalue weighted by Crippen LogP contribution is 2.16. The summed E-state index contributed by atoms with van der Waals surface area (Å²) in [6, 6.07) is 12.1. The number of nitrogens with zero attached hydrogens (tertiary/aromatic N) is 1. The molecule has 0 radical (unpaired) electrons. The summed E-state index contributed by atoms with van der Waals surface area (Å²) in [5.41, 5.74) is 1.07. The van der Waals surface area contributed by atoms with Gasteiger partial charge >= 0.3 is 6.03 Å². The Bertz CT molecular complexity index is 626. The number of nitrogens with one attached hydrogen (secondary N) is 2. The number of nitro groups is 1. The van der Waals surface area contributed by atoms with Gasteiger partial charge in [0.15, 0.2) is 0 Å². The van der Waals surface area contributed by atoms with E-state index in [1.165, 1.54) is 24.3 Å². The van der Waals surface area contributed by atoms with E-state index in [9.17, 15) is 14.9 Å². The number of thiol groups is 1. The molecule has 0 fully saturated rings. The van der Waals surface area contributed by atoms with Gasteiger partial charge in [0.25, 0.3) is 5.69 Å². The summed E-state index contributed by atoms with van der Waals surface area (Å²) in [7, 11) is 0. The van der Waals surface area contributed by atoms with E-state index in [1.54, 1.807) is 24.3 Å². The molecule has 102 valence electrons. The number of nitro benzene ring substituents is 1. The second-order valence-electron chi connectivity index (χ2n) is 3.93. The van der Waals surface area contributed by atoms with Gasteiger partial charge in [-0.2, -0.15) is 0 Å². The molecule has 0 aliphatic heterocycles. The van der Waals surface area contributed by atoms with Gasteiger partial charge in [-0.1, -0.05) is 0 Å².